The Morgan fingerprint density at radius 3 is 2.44 bits per heavy atom. The Bertz CT molecular complexity index is 1700. The molecule has 2 aliphatic rings. The molecule has 0 bridgehead atoms. The SMILES string of the molecule is COc1cc(-c2nccc(-c3cccc(-c4ccc(CN5CC(C)(O)C5)c(OC)n4)c3Cl)c2Cl)cc2c1CN(C[C@H](C)O)CC2. The van der Waals surface area contributed by atoms with Gasteiger partial charge in [-0.3, -0.25) is 14.8 Å². The Morgan fingerprint density at radius 1 is 0.978 bits per heavy atom. The van der Waals surface area contributed by atoms with Gasteiger partial charge in [-0.25, -0.2) is 4.98 Å². The van der Waals surface area contributed by atoms with E-state index in [1.807, 2.05) is 56.3 Å². The van der Waals surface area contributed by atoms with Gasteiger partial charge in [0.2, 0.25) is 5.88 Å². The van der Waals surface area contributed by atoms with Crippen LogP contribution in [0.3, 0.4) is 0 Å². The molecule has 2 aromatic heterocycles. The van der Waals surface area contributed by atoms with Gasteiger partial charge in [0, 0.05) is 78.8 Å². The quantitative estimate of drug-likeness (QED) is 0.225. The fraction of sp³-hybridized carbons (Fsp3) is 0.371. The van der Waals surface area contributed by atoms with Crippen LogP contribution in [0.4, 0.5) is 0 Å². The Hall–Kier alpha value is -3.24. The fourth-order valence-electron chi connectivity index (χ4n) is 6.51. The van der Waals surface area contributed by atoms with E-state index in [1.54, 1.807) is 20.4 Å². The molecule has 0 spiro atoms. The minimum Gasteiger partial charge on any atom is -0.496 e. The highest BCUT2D eigenvalue weighted by molar-refractivity contribution is 6.39. The summed E-state index contributed by atoms with van der Waals surface area (Å²) in [5, 5.41) is 21.0. The fourth-order valence-corrected chi connectivity index (χ4v) is 7.16. The van der Waals surface area contributed by atoms with Gasteiger partial charge in [-0.15, -0.1) is 0 Å². The number of hydrogen-bond acceptors (Lipinski definition) is 8. The van der Waals surface area contributed by atoms with Crippen LogP contribution >= 0.6 is 23.2 Å². The van der Waals surface area contributed by atoms with E-state index < -0.39 is 5.60 Å². The summed E-state index contributed by atoms with van der Waals surface area (Å²) >= 11 is 14.2. The average Bonchev–Trinajstić information content (AvgIpc) is 3.00. The topological polar surface area (TPSA) is 91.2 Å². The van der Waals surface area contributed by atoms with Gasteiger partial charge in [0.1, 0.15) is 5.75 Å². The third kappa shape index (κ3) is 6.54. The van der Waals surface area contributed by atoms with Gasteiger partial charge in [0.25, 0.3) is 0 Å². The van der Waals surface area contributed by atoms with E-state index in [4.69, 9.17) is 37.7 Å². The largest absolute Gasteiger partial charge is 0.496 e. The predicted molar refractivity (Wildman–Crippen MR) is 178 cm³/mol. The second kappa shape index (κ2) is 12.9. The summed E-state index contributed by atoms with van der Waals surface area (Å²) < 4.78 is 11.5. The zero-order valence-electron chi connectivity index (χ0n) is 26.0. The van der Waals surface area contributed by atoms with E-state index in [-0.39, 0.29) is 6.10 Å². The molecule has 0 unspecified atom stereocenters. The number of nitrogens with zero attached hydrogens (tertiary/aromatic N) is 4. The molecular weight excluding hydrogens is 611 g/mol. The van der Waals surface area contributed by atoms with Crippen molar-refractivity contribution in [1.29, 1.82) is 0 Å². The first-order valence-electron chi connectivity index (χ1n) is 15.1. The van der Waals surface area contributed by atoms with Crippen LogP contribution in [-0.4, -0.2) is 82.1 Å². The number of likely N-dealkylation sites (tertiary alicyclic amines) is 1. The minimum absolute atomic E-state index is 0.389. The van der Waals surface area contributed by atoms with E-state index >= 15 is 0 Å². The van der Waals surface area contributed by atoms with Crippen LogP contribution in [0.2, 0.25) is 10.0 Å². The number of hydrogen-bond donors (Lipinski definition) is 2. The van der Waals surface area contributed by atoms with Gasteiger partial charge in [-0.1, -0.05) is 47.5 Å². The second-order valence-electron chi connectivity index (χ2n) is 12.3. The molecule has 2 aliphatic heterocycles. The van der Waals surface area contributed by atoms with Crippen LogP contribution in [-0.2, 0) is 19.5 Å². The molecule has 1 saturated heterocycles. The summed E-state index contributed by atoms with van der Waals surface area (Å²) in [5.74, 6) is 1.31. The lowest BCUT2D eigenvalue weighted by molar-refractivity contribution is -0.0873. The van der Waals surface area contributed by atoms with Crippen LogP contribution in [0, 0.1) is 0 Å². The molecule has 8 nitrogen and oxygen atoms in total. The Labute approximate surface area is 274 Å². The number of pyridine rings is 2. The second-order valence-corrected chi connectivity index (χ2v) is 13.1. The molecule has 0 radical (unpaired) electrons. The van der Waals surface area contributed by atoms with Gasteiger partial charge in [-0.05, 0) is 50.1 Å². The third-order valence-electron chi connectivity index (χ3n) is 8.51. The third-order valence-corrected chi connectivity index (χ3v) is 9.29. The zero-order valence-corrected chi connectivity index (χ0v) is 27.5. The molecule has 4 heterocycles. The van der Waals surface area contributed by atoms with Crippen molar-refractivity contribution in [3.8, 4) is 45.3 Å². The maximum absolute atomic E-state index is 10.1. The zero-order chi connectivity index (χ0) is 31.9. The smallest absolute Gasteiger partial charge is 0.218 e. The van der Waals surface area contributed by atoms with Crippen LogP contribution in [0.5, 0.6) is 11.6 Å². The van der Waals surface area contributed by atoms with E-state index in [2.05, 4.69) is 20.9 Å². The summed E-state index contributed by atoms with van der Waals surface area (Å²) in [4.78, 5) is 13.9. The number of methoxy groups -OCH3 is 2. The van der Waals surface area contributed by atoms with Gasteiger partial charge in [0.15, 0.2) is 0 Å². The summed E-state index contributed by atoms with van der Waals surface area (Å²) in [6.45, 7) is 7.71. The lowest BCUT2D eigenvalue weighted by atomic mass is 9.93. The highest BCUT2D eigenvalue weighted by Crippen LogP contribution is 2.43. The maximum Gasteiger partial charge on any atom is 0.218 e. The maximum atomic E-state index is 10.1. The highest BCUT2D eigenvalue weighted by Gasteiger charge is 2.36. The van der Waals surface area contributed by atoms with Crippen molar-refractivity contribution < 1.29 is 19.7 Å². The van der Waals surface area contributed by atoms with Gasteiger partial charge >= 0.3 is 0 Å². The van der Waals surface area contributed by atoms with E-state index in [0.29, 0.717) is 60.0 Å². The Morgan fingerprint density at radius 2 is 1.73 bits per heavy atom. The highest BCUT2D eigenvalue weighted by atomic mass is 35.5. The van der Waals surface area contributed by atoms with Crippen LogP contribution in [0.25, 0.3) is 33.6 Å². The summed E-state index contributed by atoms with van der Waals surface area (Å²) in [6.07, 6.45) is 2.20. The molecule has 1 fully saturated rings. The van der Waals surface area contributed by atoms with Crippen molar-refractivity contribution in [2.75, 3.05) is 40.4 Å². The van der Waals surface area contributed by atoms with Crippen LogP contribution in [0.15, 0.2) is 54.7 Å². The number of β-amino-alcohol motifs (C(OH)–C–C–N with tert-alkyl or cyclic N) is 2. The molecule has 0 amide bonds. The van der Waals surface area contributed by atoms with Crippen molar-refractivity contribution in [3.05, 3.63) is 81.5 Å². The average molecular weight is 650 g/mol. The van der Waals surface area contributed by atoms with Gasteiger partial charge in [-0.2, -0.15) is 0 Å². The van der Waals surface area contributed by atoms with Crippen molar-refractivity contribution in [2.45, 2.75) is 45.1 Å². The summed E-state index contributed by atoms with van der Waals surface area (Å²) in [5.41, 5.74) is 7.13. The van der Waals surface area contributed by atoms with Gasteiger partial charge < -0.3 is 19.7 Å². The van der Waals surface area contributed by atoms with Crippen molar-refractivity contribution in [3.63, 3.8) is 0 Å². The Kier molecular flexibility index (Phi) is 9.07. The van der Waals surface area contributed by atoms with Crippen molar-refractivity contribution >= 4 is 23.2 Å². The van der Waals surface area contributed by atoms with E-state index in [9.17, 15) is 10.2 Å². The molecule has 0 saturated carbocycles. The molecule has 2 N–H and O–H groups in total. The summed E-state index contributed by atoms with van der Waals surface area (Å²) in [6, 6.07) is 15.8. The number of aliphatic hydroxyl groups is 2. The van der Waals surface area contributed by atoms with Gasteiger partial charge in [0.05, 0.1) is 47.4 Å². The number of aromatic nitrogens is 2. The molecule has 2 aromatic carbocycles. The molecule has 0 aliphatic carbocycles. The number of ether oxygens (including phenoxy) is 2. The number of halogens is 2. The molecule has 6 rings (SSSR count). The molecule has 236 valence electrons. The van der Waals surface area contributed by atoms with Crippen LogP contribution in [0.1, 0.15) is 30.5 Å². The molecule has 10 heteroatoms. The normalized spacial score (nSPS) is 17.0. The first-order valence-corrected chi connectivity index (χ1v) is 15.9. The number of rotatable bonds is 9. The Balaban J connectivity index is 1.32. The monoisotopic (exact) mass is 648 g/mol. The lowest BCUT2D eigenvalue weighted by Gasteiger charge is -2.44. The summed E-state index contributed by atoms with van der Waals surface area (Å²) in [7, 11) is 3.29. The number of aliphatic hydroxyl groups excluding tert-OH is 1. The molecule has 4 aromatic rings. The number of fused-ring (bicyclic) bond motifs is 1. The minimum atomic E-state index is -0.643. The molecule has 45 heavy (non-hydrogen) atoms. The predicted octanol–water partition coefficient (Wildman–Crippen LogP) is 6.11. The standard InChI is InChI=1S/C35H38Cl2N4O4/c1-21(42)16-40-13-11-22-14-24(15-30(44-3)28(22)18-40)33-32(37)26(10-12-38-33)25-6-5-7-27(31(25)36)29-9-8-23(34(39-29)45-4)17-41-19-35(2,43)20-41/h5-10,12,14-15,21,42-43H,11,13,16-20H2,1-4H3/t21-/m0/s1. The number of benzene rings is 2. The van der Waals surface area contributed by atoms with Crippen molar-refractivity contribution in [1.82, 2.24) is 19.8 Å². The first-order chi connectivity index (χ1) is 21.6. The molecular formula is C35H38Cl2N4O4. The first kappa shape index (κ1) is 31.7. The van der Waals surface area contributed by atoms with Crippen molar-refractivity contribution in [2.24, 2.45) is 0 Å². The lowest BCUT2D eigenvalue weighted by Crippen LogP contribution is -2.59. The van der Waals surface area contributed by atoms with E-state index in [1.165, 1.54) is 5.56 Å². The van der Waals surface area contributed by atoms with Crippen LogP contribution < -0.4 is 9.47 Å². The van der Waals surface area contributed by atoms with E-state index in [0.717, 1.165) is 52.1 Å². The molecule has 1 atom stereocenters.